The molecule has 1 saturated heterocycles. The van der Waals surface area contributed by atoms with E-state index in [1.54, 1.807) is 0 Å². The standard InChI is InChI=1S/C25H27N5O2/c1-2-3-17-32-25(31)20(18-26)23-24(28-22-12-8-7-11-21(22)27-23)30-15-13-29(14-16-30)19-9-5-4-6-10-19/h4-12,20H,2-3,13-17H2,1H3. The molecule has 3 aromatic rings. The smallest absolute Gasteiger partial charge is 0.329 e. The Kier molecular flexibility index (Phi) is 6.81. The van der Waals surface area contributed by atoms with Gasteiger partial charge in [-0.1, -0.05) is 43.7 Å². The zero-order valence-electron chi connectivity index (χ0n) is 18.3. The van der Waals surface area contributed by atoms with E-state index in [-0.39, 0.29) is 0 Å². The molecule has 0 N–H and O–H groups in total. The van der Waals surface area contributed by atoms with Gasteiger partial charge in [-0.05, 0) is 30.7 Å². The molecule has 1 aliphatic heterocycles. The number of hydrogen-bond acceptors (Lipinski definition) is 7. The van der Waals surface area contributed by atoms with Crippen LogP contribution in [-0.2, 0) is 9.53 Å². The molecule has 1 aromatic heterocycles. The van der Waals surface area contributed by atoms with Gasteiger partial charge >= 0.3 is 5.97 Å². The molecule has 4 rings (SSSR count). The van der Waals surface area contributed by atoms with Crippen LogP contribution in [0, 0.1) is 11.3 Å². The van der Waals surface area contributed by atoms with Crippen molar-refractivity contribution in [2.45, 2.75) is 25.7 Å². The molecule has 1 aliphatic rings. The SMILES string of the molecule is CCCCOC(=O)C(C#N)c1nc2ccccc2nc1N1CCN(c2ccccc2)CC1. The van der Waals surface area contributed by atoms with Crippen molar-refractivity contribution in [2.24, 2.45) is 0 Å². The minimum Gasteiger partial charge on any atom is -0.464 e. The highest BCUT2D eigenvalue weighted by Crippen LogP contribution is 2.29. The number of unbranched alkanes of at least 4 members (excludes halogenated alkanes) is 1. The van der Waals surface area contributed by atoms with Crippen LogP contribution in [0.4, 0.5) is 11.5 Å². The first-order valence-electron chi connectivity index (χ1n) is 11.1. The normalized spacial score (nSPS) is 14.8. The molecule has 0 saturated carbocycles. The number of fused-ring (bicyclic) bond motifs is 1. The van der Waals surface area contributed by atoms with Crippen molar-refractivity contribution in [3.05, 3.63) is 60.3 Å². The number of rotatable bonds is 7. The number of piperazine rings is 1. The Balaban J connectivity index is 1.63. The average Bonchev–Trinajstić information content (AvgIpc) is 2.85. The quantitative estimate of drug-likeness (QED) is 0.416. The third-order valence-corrected chi connectivity index (χ3v) is 5.66. The Hall–Kier alpha value is -3.66. The van der Waals surface area contributed by atoms with Gasteiger partial charge in [0.1, 0.15) is 5.69 Å². The number of aromatic nitrogens is 2. The van der Waals surface area contributed by atoms with E-state index in [1.165, 1.54) is 5.69 Å². The van der Waals surface area contributed by atoms with Gasteiger partial charge in [0.2, 0.25) is 0 Å². The summed E-state index contributed by atoms with van der Waals surface area (Å²) in [5.74, 6) is -1.07. The van der Waals surface area contributed by atoms with Gasteiger partial charge < -0.3 is 14.5 Å². The van der Waals surface area contributed by atoms with Crippen molar-refractivity contribution >= 4 is 28.5 Å². The lowest BCUT2D eigenvalue weighted by Gasteiger charge is -2.37. The molecule has 0 spiro atoms. The highest BCUT2D eigenvalue weighted by atomic mass is 16.5. The molecule has 2 heterocycles. The van der Waals surface area contributed by atoms with Crippen molar-refractivity contribution in [1.29, 1.82) is 5.26 Å². The Morgan fingerprint density at radius 2 is 1.62 bits per heavy atom. The van der Waals surface area contributed by atoms with Gasteiger partial charge in [-0.25, -0.2) is 9.97 Å². The molecule has 1 fully saturated rings. The molecule has 164 valence electrons. The molecule has 0 radical (unpaired) electrons. The molecular formula is C25H27N5O2. The topological polar surface area (TPSA) is 82.3 Å². The summed E-state index contributed by atoms with van der Waals surface area (Å²) in [7, 11) is 0. The van der Waals surface area contributed by atoms with Crippen molar-refractivity contribution in [3.8, 4) is 6.07 Å². The first kappa shape index (κ1) is 21.6. The highest BCUT2D eigenvalue weighted by molar-refractivity contribution is 5.85. The maximum Gasteiger partial charge on any atom is 0.329 e. The molecule has 7 nitrogen and oxygen atoms in total. The summed E-state index contributed by atoms with van der Waals surface area (Å²) in [4.78, 5) is 26.7. The first-order chi connectivity index (χ1) is 15.7. The van der Waals surface area contributed by atoms with Crippen LogP contribution >= 0.6 is 0 Å². The number of esters is 1. The molecule has 7 heteroatoms. The second-order valence-electron chi connectivity index (χ2n) is 7.81. The third-order valence-electron chi connectivity index (χ3n) is 5.66. The summed E-state index contributed by atoms with van der Waals surface area (Å²) in [6.07, 6.45) is 1.68. The van der Waals surface area contributed by atoms with Gasteiger partial charge in [-0.15, -0.1) is 0 Å². The number of benzene rings is 2. The number of carbonyl (C=O) groups is 1. The van der Waals surface area contributed by atoms with E-state index < -0.39 is 11.9 Å². The van der Waals surface area contributed by atoms with Crippen LogP contribution in [0.25, 0.3) is 11.0 Å². The van der Waals surface area contributed by atoms with Crippen molar-refractivity contribution in [3.63, 3.8) is 0 Å². The number of para-hydroxylation sites is 3. The van der Waals surface area contributed by atoms with Crippen LogP contribution in [0.5, 0.6) is 0 Å². The van der Waals surface area contributed by atoms with E-state index in [4.69, 9.17) is 14.7 Å². The highest BCUT2D eigenvalue weighted by Gasteiger charge is 2.31. The van der Waals surface area contributed by atoms with E-state index in [1.807, 2.05) is 49.4 Å². The number of nitriles is 1. The van der Waals surface area contributed by atoms with Gasteiger partial charge in [0.15, 0.2) is 11.7 Å². The molecule has 1 unspecified atom stereocenters. The van der Waals surface area contributed by atoms with Crippen LogP contribution < -0.4 is 9.80 Å². The lowest BCUT2D eigenvalue weighted by Crippen LogP contribution is -2.47. The first-order valence-corrected chi connectivity index (χ1v) is 11.1. The van der Waals surface area contributed by atoms with Gasteiger partial charge in [-0.2, -0.15) is 5.26 Å². The summed E-state index contributed by atoms with van der Waals surface area (Å²) in [5.41, 5.74) is 2.97. The van der Waals surface area contributed by atoms with Crippen molar-refractivity contribution in [1.82, 2.24) is 9.97 Å². The monoisotopic (exact) mass is 429 g/mol. The van der Waals surface area contributed by atoms with Crippen LogP contribution in [0.3, 0.4) is 0 Å². The van der Waals surface area contributed by atoms with Gasteiger partial charge in [0.25, 0.3) is 0 Å². The molecule has 0 aliphatic carbocycles. The number of ether oxygens (including phenoxy) is 1. The lowest BCUT2D eigenvalue weighted by atomic mass is 10.1. The van der Waals surface area contributed by atoms with E-state index in [0.29, 0.717) is 23.6 Å². The van der Waals surface area contributed by atoms with Gasteiger partial charge in [0.05, 0.1) is 23.7 Å². The van der Waals surface area contributed by atoms with Gasteiger partial charge in [0, 0.05) is 31.9 Å². The molecule has 0 bridgehead atoms. The van der Waals surface area contributed by atoms with Crippen LogP contribution in [-0.4, -0.2) is 48.7 Å². The fraction of sp³-hybridized carbons (Fsp3) is 0.360. The maximum absolute atomic E-state index is 12.7. The molecule has 32 heavy (non-hydrogen) atoms. The maximum atomic E-state index is 12.7. The number of nitrogens with zero attached hydrogens (tertiary/aromatic N) is 5. The predicted molar refractivity (Wildman–Crippen MR) is 125 cm³/mol. The van der Waals surface area contributed by atoms with Crippen LogP contribution in [0.2, 0.25) is 0 Å². The fourth-order valence-corrected chi connectivity index (χ4v) is 3.87. The lowest BCUT2D eigenvalue weighted by molar-refractivity contribution is -0.144. The minimum atomic E-state index is -1.11. The molecule has 0 amide bonds. The fourth-order valence-electron chi connectivity index (χ4n) is 3.87. The summed E-state index contributed by atoms with van der Waals surface area (Å²) < 4.78 is 5.36. The zero-order chi connectivity index (χ0) is 22.3. The van der Waals surface area contributed by atoms with E-state index in [2.05, 4.69) is 28.0 Å². The van der Waals surface area contributed by atoms with Crippen LogP contribution in [0.1, 0.15) is 31.4 Å². The Bertz CT molecular complexity index is 1100. The van der Waals surface area contributed by atoms with Crippen molar-refractivity contribution < 1.29 is 9.53 Å². The second-order valence-corrected chi connectivity index (χ2v) is 7.81. The largest absolute Gasteiger partial charge is 0.464 e. The molecule has 1 atom stereocenters. The van der Waals surface area contributed by atoms with E-state index >= 15 is 0 Å². The number of anilines is 2. The summed E-state index contributed by atoms with van der Waals surface area (Å²) >= 11 is 0. The average molecular weight is 430 g/mol. The Labute approximate surface area is 188 Å². The summed E-state index contributed by atoms with van der Waals surface area (Å²) in [5, 5.41) is 9.85. The van der Waals surface area contributed by atoms with E-state index in [9.17, 15) is 10.1 Å². The summed E-state index contributed by atoms with van der Waals surface area (Å²) in [6, 6.07) is 19.9. The minimum absolute atomic E-state index is 0.305. The van der Waals surface area contributed by atoms with Gasteiger partial charge in [-0.3, -0.25) is 4.79 Å². The second kappa shape index (κ2) is 10.1. The predicted octanol–water partition coefficient (Wildman–Crippen LogP) is 3.91. The molecule has 2 aromatic carbocycles. The van der Waals surface area contributed by atoms with Crippen LogP contribution in [0.15, 0.2) is 54.6 Å². The third kappa shape index (κ3) is 4.65. The number of carbonyl (C=O) groups excluding carboxylic acids is 1. The Morgan fingerprint density at radius 1 is 1.00 bits per heavy atom. The van der Waals surface area contributed by atoms with E-state index in [0.717, 1.165) is 44.5 Å². The summed E-state index contributed by atoms with van der Waals surface area (Å²) in [6.45, 7) is 5.40. The van der Waals surface area contributed by atoms with Crippen molar-refractivity contribution in [2.75, 3.05) is 42.6 Å². The zero-order valence-corrected chi connectivity index (χ0v) is 18.3. The number of hydrogen-bond donors (Lipinski definition) is 0. The molecular weight excluding hydrogens is 402 g/mol. The Morgan fingerprint density at radius 3 is 2.28 bits per heavy atom.